The number of rotatable bonds is 7. The van der Waals surface area contributed by atoms with Gasteiger partial charge < -0.3 is 15.0 Å². The molecule has 0 aliphatic rings. The lowest BCUT2D eigenvalue weighted by Crippen LogP contribution is -2.15. The first-order valence-electron chi connectivity index (χ1n) is 7.70. The second-order valence-corrected chi connectivity index (χ2v) is 6.49. The van der Waals surface area contributed by atoms with E-state index in [1.807, 2.05) is 18.2 Å². The van der Waals surface area contributed by atoms with E-state index in [4.69, 9.17) is 4.74 Å². The number of halogens is 1. The van der Waals surface area contributed by atoms with Crippen molar-refractivity contribution in [3.63, 3.8) is 0 Å². The highest BCUT2D eigenvalue weighted by Gasteiger charge is 2.01. The Kier molecular flexibility index (Phi) is 6.85. The van der Waals surface area contributed by atoms with Gasteiger partial charge in [-0.1, -0.05) is 29.5 Å². The van der Waals surface area contributed by atoms with Crippen LogP contribution in [0.2, 0.25) is 0 Å². The Morgan fingerprint density at radius 3 is 2.62 bits per heavy atom. The highest BCUT2D eigenvalue weighted by atomic mass is 35.5. The van der Waals surface area contributed by atoms with Gasteiger partial charge in [-0.05, 0) is 54.8 Å². The summed E-state index contributed by atoms with van der Waals surface area (Å²) < 4.78 is 6.19. The summed E-state index contributed by atoms with van der Waals surface area (Å²) >= 11 is 1.27. The minimum atomic E-state index is 0. The molecule has 0 aliphatic heterocycles. The molecule has 0 radical (unpaired) electrons. The molecule has 3 aromatic rings. The van der Waals surface area contributed by atoms with Crippen molar-refractivity contribution >= 4 is 34.0 Å². The lowest BCUT2D eigenvalue weighted by atomic mass is 10.1. The van der Waals surface area contributed by atoms with Crippen LogP contribution in [0.3, 0.4) is 0 Å². The Morgan fingerprint density at radius 2 is 1.88 bits per heavy atom. The first-order chi connectivity index (χ1) is 11.2. The summed E-state index contributed by atoms with van der Waals surface area (Å²) in [6.07, 6.45) is 2.08. The van der Waals surface area contributed by atoms with Gasteiger partial charge in [0.05, 0.1) is 17.3 Å². The third kappa shape index (κ3) is 4.84. The van der Waals surface area contributed by atoms with Crippen molar-refractivity contribution in [3.05, 3.63) is 63.3 Å². The van der Waals surface area contributed by atoms with Crippen molar-refractivity contribution in [1.29, 1.82) is 0 Å². The van der Waals surface area contributed by atoms with Crippen LogP contribution in [-0.4, -0.2) is 18.6 Å². The van der Waals surface area contributed by atoms with Gasteiger partial charge in [0.1, 0.15) is 5.75 Å². The summed E-state index contributed by atoms with van der Waals surface area (Å²) in [7, 11) is 1.68. The van der Waals surface area contributed by atoms with Gasteiger partial charge in [-0.3, -0.25) is 4.79 Å². The van der Waals surface area contributed by atoms with Crippen LogP contribution in [0.1, 0.15) is 17.5 Å². The third-order valence-corrected chi connectivity index (χ3v) is 4.64. The topological polar surface area (TPSA) is 54.1 Å². The van der Waals surface area contributed by atoms with Crippen LogP contribution in [0.25, 0.3) is 10.2 Å². The second kappa shape index (κ2) is 8.87. The predicted octanol–water partition coefficient (Wildman–Crippen LogP) is 3.74. The van der Waals surface area contributed by atoms with Crippen molar-refractivity contribution in [2.24, 2.45) is 0 Å². The maximum absolute atomic E-state index is 11.3. The number of H-pyrrole nitrogens is 1. The Hall–Kier alpha value is -1.82. The molecular formula is C18H21ClN2O2S. The molecule has 1 heterocycles. The molecule has 6 heteroatoms. The average molecular weight is 365 g/mol. The highest BCUT2D eigenvalue weighted by Crippen LogP contribution is 2.17. The van der Waals surface area contributed by atoms with Crippen molar-refractivity contribution in [1.82, 2.24) is 10.3 Å². The van der Waals surface area contributed by atoms with Crippen LogP contribution >= 0.6 is 23.7 Å². The standard InChI is InChI=1S/C18H20N2O2S.ClH/c1-22-15-7-4-14(5-8-15)12-19-10-2-3-13-6-9-16-17(11-13)23-18(21)20-16;/h4-9,11,19H,2-3,10,12H2,1H3,(H,20,21);1H. The molecule has 0 atom stereocenters. The largest absolute Gasteiger partial charge is 0.497 e. The van der Waals surface area contributed by atoms with Gasteiger partial charge in [0.2, 0.25) is 0 Å². The Morgan fingerprint density at radius 1 is 1.12 bits per heavy atom. The van der Waals surface area contributed by atoms with E-state index in [9.17, 15) is 4.79 Å². The molecule has 2 N–H and O–H groups in total. The van der Waals surface area contributed by atoms with Gasteiger partial charge in [0.15, 0.2) is 0 Å². The SMILES string of the molecule is COc1ccc(CNCCCc2ccc3[nH]c(=O)sc3c2)cc1.Cl. The monoisotopic (exact) mass is 364 g/mol. The van der Waals surface area contributed by atoms with E-state index < -0.39 is 0 Å². The van der Waals surface area contributed by atoms with Crippen molar-refractivity contribution in [2.45, 2.75) is 19.4 Å². The summed E-state index contributed by atoms with van der Waals surface area (Å²) in [4.78, 5) is 14.2. The van der Waals surface area contributed by atoms with Crippen molar-refractivity contribution in [2.75, 3.05) is 13.7 Å². The maximum atomic E-state index is 11.3. The van der Waals surface area contributed by atoms with E-state index >= 15 is 0 Å². The Bertz CT molecular complexity index is 827. The van der Waals surface area contributed by atoms with Crippen LogP contribution in [0.15, 0.2) is 47.3 Å². The van der Waals surface area contributed by atoms with Crippen LogP contribution in [-0.2, 0) is 13.0 Å². The summed E-state index contributed by atoms with van der Waals surface area (Å²) in [6.45, 7) is 1.83. The van der Waals surface area contributed by atoms with Crippen LogP contribution in [0.5, 0.6) is 5.75 Å². The normalized spacial score (nSPS) is 10.5. The van der Waals surface area contributed by atoms with Gasteiger partial charge in [0, 0.05) is 6.54 Å². The van der Waals surface area contributed by atoms with Gasteiger partial charge in [-0.25, -0.2) is 0 Å². The summed E-state index contributed by atoms with van der Waals surface area (Å²) in [5.41, 5.74) is 3.46. The number of aromatic nitrogens is 1. The van der Waals surface area contributed by atoms with E-state index in [1.165, 1.54) is 22.5 Å². The number of hydrogen-bond donors (Lipinski definition) is 2. The zero-order valence-corrected chi connectivity index (χ0v) is 15.1. The van der Waals surface area contributed by atoms with Gasteiger partial charge in [-0.2, -0.15) is 0 Å². The molecule has 0 bridgehead atoms. The quantitative estimate of drug-likeness (QED) is 0.628. The van der Waals surface area contributed by atoms with Crippen LogP contribution in [0.4, 0.5) is 0 Å². The smallest absolute Gasteiger partial charge is 0.305 e. The predicted molar refractivity (Wildman–Crippen MR) is 103 cm³/mol. The minimum Gasteiger partial charge on any atom is -0.497 e. The fourth-order valence-corrected chi connectivity index (χ4v) is 3.34. The molecule has 0 spiro atoms. The number of thiazole rings is 1. The minimum absolute atomic E-state index is 0. The molecule has 24 heavy (non-hydrogen) atoms. The van der Waals surface area contributed by atoms with Crippen molar-refractivity contribution < 1.29 is 4.74 Å². The van der Waals surface area contributed by atoms with E-state index in [0.717, 1.165) is 41.9 Å². The molecule has 0 unspecified atom stereocenters. The fraction of sp³-hybridized carbons (Fsp3) is 0.278. The first-order valence-corrected chi connectivity index (χ1v) is 8.51. The highest BCUT2D eigenvalue weighted by molar-refractivity contribution is 7.16. The molecular weight excluding hydrogens is 344 g/mol. The summed E-state index contributed by atoms with van der Waals surface area (Å²) in [6, 6.07) is 14.3. The number of aromatic amines is 1. The molecule has 0 fully saturated rings. The van der Waals surface area contributed by atoms with E-state index in [-0.39, 0.29) is 17.3 Å². The molecule has 0 amide bonds. The Labute approximate surface area is 151 Å². The lowest BCUT2D eigenvalue weighted by molar-refractivity contribution is 0.414. The van der Waals surface area contributed by atoms with Gasteiger partial charge in [0.25, 0.3) is 0 Å². The fourth-order valence-electron chi connectivity index (χ4n) is 2.54. The molecule has 0 aliphatic carbocycles. The molecule has 0 saturated carbocycles. The number of methoxy groups -OCH3 is 1. The third-order valence-electron chi connectivity index (χ3n) is 3.79. The second-order valence-electron chi connectivity index (χ2n) is 5.47. The molecule has 128 valence electrons. The number of benzene rings is 2. The zero-order chi connectivity index (χ0) is 16.1. The van der Waals surface area contributed by atoms with E-state index in [1.54, 1.807) is 7.11 Å². The number of ether oxygens (including phenoxy) is 1. The number of fused-ring (bicyclic) bond motifs is 1. The number of hydrogen-bond acceptors (Lipinski definition) is 4. The van der Waals surface area contributed by atoms with Crippen LogP contribution < -0.4 is 14.9 Å². The average Bonchev–Trinajstić information content (AvgIpc) is 2.94. The number of nitrogens with one attached hydrogen (secondary N) is 2. The first kappa shape index (κ1) is 18.5. The summed E-state index contributed by atoms with van der Waals surface area (Å²) in [5.74, 6) is 0.885. The molecule has 2 aromatic carbocycles. The van der Waals surface area contributed by atoms with Crippen LogP contribution in [0, 0.1) is 0 Å². The molecule has 4 nitrogen and oxygen atoms in total. The van der Waals surface area contributed by atoms with Gasteiger partial charge in [-0.15, -0.1) is 12.4 Å². The van der Waals surface area contributed by atoms with Crippen molar-refractivity contribution in [3.8, 4) is 5.75 Å². The van der Waals surface area contributed by atoms with Gasteiger partial charge >= 0.3 is 4.87 Å². The Balaban J connectivity index is 0.00000208. The molecule has 0 saturated heterocycles. The van der Waals surface area contributed by atoms with E-state index in [0.29, 0.717) is 0 Å². The lowest BCUT2D eigenvalue weighted by Gasteiger charge is -2.06. The summed E-state index contributed by atoms with van der Waals surface area (Å²) in [5, 5.41) is 3.46. The molecule has 1 aromatic heterocycles. The zero-order valence-electron chi connectivity index (χ0n) is 13.5. The van der Waals surface area contributed by atoms with E-state index in [2.05, 4.69) is 34.6 Å². The molecule has 3 rings (SSSR count). The number of aryl methyl sites for hydroxylation is 1. The maximum Gasteiger partial charge on any atom is 0.305 e.